The Morgan fingerprint density at radius 3 is 2.18 bits per heavy atom. The summed E-state index contributed by atoms with van der Waals surface area (Å²) >= 11 is 0. The lowest BCUT2D eigenvalue weighted by Crippen LogP contribution is -2.18. The first-order valence-electron chi connectivity index (χ1n) is 8.41. The molecule has 0 aromatic heterocycles. The van der Waals surface area contributed by atoms with Gasteiger partial charge in [-0.05, 0) is 24.1 Å². The monoisotopic (exact) mass is 321 g/mol. The number of carboxylic acids is 1. The van der Waals surface area contributed by atoms with E-state index in [0.717, 1.165) is 17.8 Å². The van der Waals surface area contributed by atoms with E-state index in [1.807, 2.05) is 24.3 Å². The maximum absolute atomic E-state index is 10.6. The highest BCUT2D eigenvalue weighted by Gasteiger charge is 2.11. The number of anilines is 1. The summed E-state index contributed by atoms with van der Waals surface area (Å²) in [6.07, 6.45) is 6.68. The third-order valence-corrected chi connectivity index (χ3v) is 5.60. The molecule has 0 aliphatic rings. The largest absolute Gasteiger partial charge is 0.481 e. The molecule has 4 heteroatoms. The van der Waals surface area contributed by atoms with Gasteiger partial charge in [-0.3, -0.25) is 4.79 Å². The van der Waals surface area contributed by atoms with Crippen molar-refractivity contribution in [2.24, 2.45) is 0 Å². The highest BCUT2D eigenvalue weighted by Crippen LogP contribution is 2.15. The summed E-state index contributed by atoms with van der Waals surface area (Å²) in [6.45, 7) is 8.32. The third-order valence-electron chi connectivity index (χ3n) is 3.74. The molecule has 22 heavy (non-hydrogen) atoms. The average Bonchev–Trinajstić information content (AvgIpc) is 2.42. The molecule has 3 nitrogen and oxygen atoms in total. The number of benzene rings is 1. The molecule has 0 amide bonds. The Hall–Kier alpha value is -1.29. The molecule has 1 rings (SSSR count). The summed E-state index contributed by atoms with van der Waals surface area (Å²) in [4.78, 5) is 10.6. The van der Waals surface area contributed by atoms with E-state index < -0.39 is 14.0 Å². The van der Waals surface area contributed by atoms with Crippen molar-refractivity contribution in [1.82, 2.24) is 0 Å². The van der Waals surface area contributed by atoms with E-state index >= 15 is 0 Å². The molecule has 0 heterocycles. The molecular weight excluding hydrogens is 290 g/mol. The van der Waals surface area contributed by atoms with Gasteiger partial charge in [0.15, 0.2) is 0 Å². The molecule has 0 aliphatic carbocycles. The van der Waals surface area contributed by atoms with E-state index in [0.29, 0.717) is 0 Å². The van der Waals surface area contributed by atoms with E-state index in [1.54, 1.807) is 0 Å². The zero-order valence-electron chi connectivity index (χ0n) is 14.3. The van der Waals surface area contributed by atoms with Crippen LogP contribution in [0.2, 0.25) is 25.7 Å². The van der Waals surface area contributed by atoms with E-state index in [9.17, 15) is 4.79 Å². The van der Waals surface area contributed by atoms with Crippen LogP contribution in [0.5, 0.6) is 0 Å². The van der Waals surface area contributed by atoms with Gasteiger partial charge < -0.3 is 10.4 Å². The Morgan fingerprint density at radius 2 is 1.59 bits per heavy atom. The topological polar surface area (TPSA) is 49.3 Å². The molecule has 0 spiro atoms. The SMILES string of the molecule is C[Si](C)(C)CCCCCCCNc1ccc(CC(=O)O)cc1. The summed E-state index contributed by atoms with van der Waals surface area (Å²) in [6, 6.07) is 9.14. The van der Waals surface area contributed by atoms with Crippen molar-refractivity contribution < 1.29 is 9.90 Å². The Morgan fingerprint density at radius 1 is 1.00 bits per heavy atom. The zero-order chi connectivity index (χ0) is 16.4. The van der Waals surface area contributed by atoms with Crippen LogP contribution in [-0.2, 0) is 11.2 Å². The van der Waals surface area contributed by atoms with Gasteiger partial charge >= 0.3 is 5.97 Å². The van der Waals surface area contributed by atoms with Crippen LogP contribution < -0.4 is 5.32 Å². The summed E-state index contributed by atoms with van der Waals surface area (Å²) in [7, 11) is -0.841. The predicted octanol–water partition coefficient (Wildman–Crippen LogP) is 5.01. The summed E-state index contributed by atoms with van der Waals surface area (Å²) in [5.41, 5.74) is 1.92. The van der Waals surface area contributed by atoms with E-state index in [1.165, 1.54) is 38.1 Å². The van der Waals surface area contributed by atoms with Crippen LogP contribution in [-0.4, -0.2) is 25.7 Å². The lowest BCUT2D eigenvalue weighted by atomic mass is 10.1. The molecule has 0 fully saturated rings. The highest BCUT2D eigenvalue weighted by atomic mass is 28.3. The van der Waals surface area contributed by atoms with Gasteiger partial charge in [0.1, 0.15) is 0 Å². The van der Waals surface area contributed by atoms with Gasteiger partial charge in [0.2, 0.25) is 0 Å². The minimum Gasteiger partial charge on any atom is -0.481 e. The molecule has 1 aromatic carbocycles. The second-order valence-corrected chi connectivity index (χ2v) is 12.9. The van der Waals surface area contributed by atoms with Gasteiger partial charge in [-0.25, -0.2) is 0 Å². The molecular formula is C18H31NO2Si. The second-order valence-electron chi connectivity index (χ2n) is 7.27. The third kappa shape index (κ3) is 9.61. The lowest BCUT2D eigenvalue weighted by molar-refractivity contribution is -0.136. The first-order chi connectivity index (χ1) is 10.4. The summed E-state index contributed by atoms with van der Waals surface area (Å²) in [5, 5.41) is 12.1. The summed E-state index contributed by atoms with van der Waals surface area (Å²) in [5.74, 6) is -0.783. The molecule has 1 aromatic rings. The number of rotatable bonds is 11. The first-order valence-corrected chi connectivity index (χ1v) is 12.1. The Bertz CT molecular complexity index is 437. The fraction of sp³-hybridized carbons (Fsp3) is 0.611. The number of hydrogen-bond donors (Lipinski definition) is 2. The fourth-order valence-electron chi connectivity index (χ4n) is 2.46. The van der Waals surface area contributed by atoms with Crippen molar-refractivity contribution in [3.8, 4) is 0 Å². The minimum atomic E-state index is -0.841. The number of carboxylic acid groups (broad SMARTS) is 1. The van der Waals surface area contributed by atoms with Crippen LogP contribution in [0.15, 0.2) is 24.3 Å². The van der Waals surface area contributed by atoms with Gasteiger partial charge in [0.25, 0.3) is 0 Å². The van der Waals surface area contributed by atoms with Crippen molar-refractivity contribution in [3.05, 3.63) is 29.8 Å². The molecule has 0 unspecified atom stereocenters. The molecule has 0 radical (unpaired) electrons. The molecule has 0 saturated carbocycles. The minimum absolute atomic E-state index is 0.0949. The maximum Gasteiger partial charge on any atom is 0.307 e. The Kier molecular flexibility index (Phi) is 8.24. The first kappa shape index (κ1) is 18.8. The fourth-order valence-corrected chi connectivity index (χ4v) is 3.77. The van der Waals surface area contributed by atoms with Crippen LogP contribution in [0.4, 0.5) is 5.69 Å². The number of hydrogen-bond acceptors (Lipinski definition) is 2. The maximum atomic E-state index is 10.6. The molecule has 124 valence electrons. The lowest BCUT2D eigenvalue weighted by Gasteiger charge is -2.14. The average molecular weight is 322 g/mol. The standard InChI is InChI=1S/C18H31NO2Si/c1-22(2,3)14-8-6-4-5-7-13-19-17-11-9-16(10-12-17)15-18(20)21/h9-12,19H,4-8,13-15H2,1-3H3,(H,20,21). The molecule has 0 atom stereocenters. The summed E-state index contributed by atoms with van der Waals surface area (Å²) < 4.78 is 0. The Balaban J connectivity index is 2.06. The van der Waals surface area contributed by atoms with E-state index in [4.69, 9.17) is 5.11 Å². The number of carbonyl (C=O) groups is 1. The van der Waals surface area contributed by atoms with Gasteiger partial charge in [-0.1, -0.05) is 63.5 Å². The number of nitrogens with one attached hydrogen (secondary N) is 1. The Labute approximate surface area is 136 Å². The number of aliphatic carboxylic acids is 1. The second kappa shape index (κ2) is 9.67. The van der Waals surface area contributed by atoms with Gasteiger partial charge in [0, 0.05) is 20.3 Å². The van der Waals surface area contributed by atoms with Crippen molar-refractivity contribution in [2.75, 3.05) is 11.9 Å². The number of unbranched alkanes of at least 4 members (excludes halogenated alkanes) is 4. The van der Waals surface area contributed by atoms with Crippen LogP contribution in [0, 0.1) is 0 Å². The molecule has 0 saturated heterocycles. The van der Waals surface area contributed by atoms with Crippen LogP contribution >= 0.6 is 0 Å². The predicted molar refractivity (Wildman–Crippen MR) is 97.5 cm³/mol. The zero-order valence-corrected chi connectivity index (χ0v) is 15.3. The normalized spacial score (nSPS) is 11.4. The molecule has 0 bridgehead atoms. The van der Waals surface area contributed by atoms with E-state index in [-0.39, 0.29) is 6.42 Å². The molecule has 2 N–H and O–H groups in total. The van der Waals surface area contributed by atoms with Crippen molar-refractivity contribution in [1.29, 1.82) is 0 Å². The van der Waals surface area contributed by atoms with Crippen LogP contribution in [0.25, 0.3) is 0 Å². The van der Waals surface area contributed by atoms with Crippen molar-refractivity contribution in [2.45, 2.75) is 64.2 Å². The van der Waals surface area contributed by atoms with Gasteiger partial charge in [0.05, 0.1) is 6.42 Å². The highest BCUT2D eigenvalue weighted by molar-refractivity contribution is 6.76. The van der Waals surface area contributed by atoms with Crippen molar-refractivity contribution >= 4 is 19.7 Å². The van der Waals surface area contributed by atoms with Gasteiger partial charge in [-0.15, -0.1) is 0 Å². The van der Waals surface area contributed by atoms with Crippen LogP contribution in [0.3, 0.4) is 0 Å². The van der Waals surface area contributed by atoms with Crippen molar-refractivity contribution in [3.63, 3.8) is 0 Å². The molecule has 0 aliphatic heterocycles. The van der Waals surface area contributed by atoms with Crippen LogP contribution in [0.1, 0.15) is 37.7 Å². The van der Waals surface area contributed by atoms with Gasteiger partial charge in [-0.2, -0.15) is 0 Å². The van der Waals surface area contributed by atoms with E-state index in [2.05, 4.69) is 25.0 Å². The quantitative estimate of drug-likeness (QED) is 0.445. The smallest absolute Gasteiger partial charge is 0.307 e.